The summed E-state index contributed by atoms with van der Waals surface area (Å²) < 4.78 is 4.73. The van der Waals surface area contributed by atoms with Crippen LogP contribution in [0.25, 0.3) is 0 Å². The minimum Gasteiger partial charge on any atom is -0.460 e. The molecule has 0 aromatic rings. The fourth-order valence-electron chi connectivity index (χ4n) is 0.339. The van der Waals surface area contributed by atoms with Gasteiger partial charge in [-0.3, -0.25) is 4.79 Å². The number of carbonyl (C=O) groups excluding carboxylic acids is 1. The Bertz CT molecular complexity index is 93.0. The van der Waals surface area contributed by atoms with E-state index in [1.807, 2.05) is 0 Å². The first-order valence-electron chi connectivity index (χ1n) is 2.49. The molecule has 0 amide bonds. The molecule has 1 atom stereocenters. The van der Waals surface area contributed by atoms with Gasteiger partial charge < -0.3 is 4.74 Å². The number of carbonyl (C=O) groups is 1. The first-order valence-corrected chi connectivity index (χ1v) is 4.15. The third-order valence-corrected chi connectivity index (χ3v) is 1.74. The molecule has 0 saturated carbocycles. The van der Waals surface area contributed by atoms with Gasteiger partial charge in [0, 0.05) is 12.3 Å². The maximum Gasteiger partial charge on any atom is 0.302 e. The molecular weight excluding hydrogens is 207 g/mol. The van der Waals surface area contributed by atoms with E-state index in [4.69, 9.17) is 16.3 Å². The van der Waals surface area contributed by atoms with E-state index in [2.05, 4.69) is 15.9 Å². The molecule has 0 aliphatic heterocycles. The molecule has 0 aromatic heterocycles. The molecule has 0 fully saturated rings. The van der Waals surface area contributed by atoms with Crippen LogP contribution in [-0.4, -0.2) is 23.3 Å². The van der Waals surface area contributed by atoms with Crippen LogP contribution in [0.3, 0.4) is 0 Å². The van der Waals surface area contributed by atoms with Gasteiger partial charge >= 0.3 is 5.97 Å². The molecular formula is C5H8BrClO2. The van der Waals surface area contributed by atoms with Crippen molar-refractivity contribution in [2.24, 2.45) is 0 Å². The zero-order chi connectivity index (χ0) is 7.28. The SMILES string of the molecule is CC(=O)O[C@@H](CCl)CBr. The minimum atomic E-state index is -0.292. The molecule has 0 N–H and O–H groups in total. The molecule has 4 heteroatoms. The smallest absolute Gasteiger partial charge is 0.302 e. The molecule has 0 saturated heterocycles. The summed E-state index contributed by atoms with van der Waals surface area (Å²) >= 11 is 8.55. The Morgan fingerprint density at radius 3 is 2.56 bits per heavy atom. The number of alkyl halides is 2. The van der Waals surface area contributed by atoms with Crippen LogP contribution < -0.4 is 0 Å². The van der Waals surface area contributed by atoms with Crippen LogP contribution in [-0.2, 0) is 9.53 Å². The molecule has 0 rings (SSSR count). The Morgan fingerprint density at radius 2 is 2.44 bits per heavy atom. The fraction of sp³-hybridized carbons (Fsp3) is 0.800. The largest absolute Gasteiger partial charge is 0.460 e. The van der Waals surface area contributed by atoms with Crippen LogP contribution >= 0.6 is 27.5 Å². The quantitative estimate of drug-likeness (QED) is 0.527. The van der Waals surface area contributed by atoms with Gasteiger partial charge in [0.2, 0.25) is 0 Å². The highest BCUT2D eigenvalue weighted by atomic mass is 79.9. The van der Waals surface area contributed by atoms with Crippen LogP contribution in [0, 0.1) is 0 Å². The molecule has 0 bridgehead atoms. The number of hydrogen-bond acceptors (Lipinski definition) is 2. The average molecular weight is 215 g/mol. The Hall–Kier alpha value is 0.240. The predicted octanol–water partition coefficient (Wildman–Crippen LogP) is 1.55. The van der Waals surface area contributed by atoms with Crippen molar-refractivity contribution in [2.75, 3.05) is 11.2 Å². The minimum absolute atomic E-state index is 0.191. The summed E-state index contributed by atoms with van der Waals surface area (Å²) in [4.78, 5) is 10.3. The molecule has 0 aromatic carbocycles. The third kappa shape index (κ3) is 4.73. The van der Waals surface area contributed by atoms with Gasteiger partial charge in [-0.05, 0) is 0 Å². The Labute approximate surface area is 67.6 Å². The summed E-state index contributed by atoms with van der Waals surface area (Å²) in [6.45, 7) is 1.36. The highest BCUT2D eigenvalue weighted by Gasteiger charge is 2.06. The first-order chi connectivity index (χ1) is 4.20. The van der Waals surface area contributed by atoms with Crippen LogP contribution in [0.4, 0.5) is 0 Å². The standard InChI is InChI=1S/C5H8BrClO2/c1-4(8)9-5(2-6)3-7/h5H,2-3H2,1H3/t5-/m1/s1. The molecule has 0 radical (unpaired) electrons. The van der Waals surface area contributed by atoms with Crippen molar-refractivity contribution in [2.45, 2.75) is 13.0 Å². The third-order valence-electron chi connectivity index (χ3n) is 0.677. The number of rotatable bonds is 3. The highest BCUT2D eigenvalue weighted by molar-refractivity contribution is 9.09. The van der Waals surface area contributed by atoms with E-state index in [0.29, 0.717) is 11.2 Å². The van der Waals surface area contributed by atoms with Gasteiger partial charge in [-0.15, -0.1) is 11.6 Å². The molecule has 0 heterocycles. The van der Waals surface area contributed by atoms with Crippen LogP contribution in [0.5, 0.6) is 0 Å². The predicted molar refractivity (Wildman–Crippen MR) is 40.1 cm³/mol. The van der Waals surface area contributed by atoms with Gasteiger partial charge in [-0.25, -0.2) is 0 Å². The zero-order valence-electron chi connectivity index (χ0n) is 5.06. The molecule has 2 nitrogen and oxygen atoms in total. The zero-order valence-corrected chi connectivity index (χ0v) is 7.41. The summed E-state index contributed by atoms with van der Waals surface area (Å²) in [7, 11) is 0. The Morgan fingerprint density at radius 1 is 1.89 bits per heavy atom. The van der Waals surface area contributed by atoms with Gasteiger partial charge in [-0.2, -0.15) is 0 Å². The lowest BCUT2D eigenvalue weighted by Gasteiger charge is -2.08. The number of halogens is 2. The van der Waals surface area contributed by atoms with Crippen molar-refractivity contribution in [1.82, 2.24) is 0 Å². The monoisotopic (exact) mass is 214 g/mol. The van der Waals surface area contributed by atoms with Gasteiger partial charge in [0.1, 0.15) is 6.10 Å². The summed E-state index contributed by atoms with van der Waals surface area (Å²) in [5, 5.41) is 0.593. The van der Waals surface area contributed by atoms with Crippen LogP contribution in [0.2, 0.25) is 0 Å². The second-order valence-corrected chi connectivity index (χ2v) is 2.50. The molecule has 0 unspecified atom stereocenters. The van der Waals surface area contributed by atoms with E-state index in [-0.39, 0.29) is 12.1 Å². The second-order valence-electron chi connectivity index (χ2n) is 1.54. The molecule has 9 heavy (non-hydrogen) atoms. The van der Waals surface area contributed by atoms with E-state index in [1.54, 1.807) is 0 Å². The van der Waals surface area contributed by atoms with Gasteiger partial charge in [0.05, 0.1) is 5.88 Å². The number of hydrogen-bond donors (Lipinski definition) is 0. The summed E-state index contributed by atoms with van der Waals surface area (Å²) in [6, 6.07) is 0. The maximum absolute atomic E-state index is 10.3. The van der Waals surface area contributed by atoms with E-state index < -0.39 is 0 Å². The van der Waals surface area contributed by atoms with Crippen molar-refractivity contribution in [3.8, 4) is 0 Å². The topological polar surface area (TPSA) is 26.3 Å². The molecule has 0 aliphatic rings. The molecule has 54 valence electrons. The van der Waals surface area contributed by atoms with Crippen molar-refractivity contribution in [3.05, 3.63) is 0 Å². The van der Waals surface area contributed by atoms with Crippen LogP contribution in [0.15, 0.2) is 0 Å². The normalized spacial score (nSPS) is 12.8. The van der Waals surface area contributed by atoms with Gasteiger partial charge in [-0.1, -0.05) is 15.9 Å². The molecule has 0 aliphatic carbocycles. The number of esters is 1. The molecule has 0 spiro atoms. The van der Waals surface area contributed by atoms with Crippen molar-refractivity contribution < 1.29 is 9.53 Å². The Balaban J connectivity index is 3.43. The highest BCUT2D eigenvalue weighted by Crippen LogP contribution is 1.99. The maximum atomic E-state index is 10.3. The van der Waals surface area contributed by atoms with E-state index in [0.717, 1.165) is 0 Å². The lowest BCUT2D eigenvalue weighted by Crippen LogP contribution is -2.19. The first kappa shape index (κ1) is 9.24. The fourth-order valence-corrected chi connectivity index (χ4v) is 1.14. The Kier molecular flexibility index (Phi) is 5.19. The van der Waals surface area contributed by atoms with E-state index >= 15 is 0 Å². The van der Waals surface area contributed by atoms with Gasteiger partial charge in [0.25, 0.3) is 0 Å². The second kappa shape index (κ2) is 5.06. The van der Waals surface area contributed by atoms with Crippen molar-refractivity contribution in [1.29, 1.82) is 0 Å². The lowest BCUT2D eigenvalue weighted by atomic mass is 10.5. The van der Waals surface area contributed by atoms with Crippen molar-refractivity contribution in [3.63, 3.8) is 0 Å². The van der Waals surface area contributed by atoms with Crippen molar-refractivity contribution >= 4 is 33.5 Å². The van der Waals surface area contributed by atoms with Crippen LogP contribution in [0.1, 0.15) is 6.92 Å². The summed E-state index contributed by atoms with van der Waals surface area (Å²) in [5.41, 5.74) is 0. The number of ether oxygens (including phenoxy) is 1. The lowest BCUT2D eigenvalue weighted by molar-refractivity contribution is -0.144. The summed E-state index contributed by atoms with van der Waals surface area (Å²) in [5.74, 6) is 0.0466. The van der Waals surface area contributed by atoms with E-state index in [9.17, 15) is 4.79 Å². The van der Waals surface area contributed by atoms with Gasteiger partial charge in [0.15, 0.2) is 0 Å². The summed E-state index contributed by atoms with van der Waals surface area (Å²) in [6.07, 6.45) is -0.191. The average Bonchev–Trinajstić information content (AvgIpc) is 1.82. The van der Waals surface area contributed by atoms with E-state index in [1.165, 1.54) is 6.92 Å².